The van der Waals surface area contributed by atoms with Crippen molar-refractivity contribution in [2.45, 2.75) is 58.3 Å². The Morgan fingerprint density at radius 3 is 2.14 bits per heavy atom. The van der Waals surface area contributed by atoms with E-state index in [0.29, 0.717) is 29.7 Å². The third-order valence-electron chi connectivity index (χ3n) is 6.88. The van der Waals surface area contributed by atoms with Crippen molar-refractivity contribution >= 4 is 23.2 Å². The number of ketones is 2. The first kappa shape index (κ1) is 23.1. The van der Waals surface area contributed by atoms with Gasteiger partial charge in [0.25, 0.3) is 5.91 Å². The van der Waals surface area contributed by atoms with Crippen LogP contribution in [0, 0.1) is 13.8 Å². The van der Waals surface area contributed by atoms with E-state index in [-0.39, 0.29) is 24.1 Å². The monoisotopic (exact) mass is 471 g/mol. The third-order valence-corrected chi connectivity index (χ3v) is 6.88. The minimum atomic E-state index is -0.392. The summed E-state index contributed by atoms with van der Waals surface area (Å²) >= 11 is 0. The number of benzene rings is 2. The third kappa shape index (κ3) is 4.65. The summed E-state index contributed by atoms with van der Waals surface area (Å²) in [6.45, 7) is 3.84. The number of hydrogen-bond acceptors (Lipinski definition) is 5. The first-order chi connectivity index (χ1) is 16.9. The molecule has 6 heteroatoms. The van der Waals surface area contributed by atoms with E-state index < -0.39 is 5.92 Å². The molecule has 0 bridgehead atoms. The van der Waals surface area contributed by atoms with Crippen LogP contribution in [-0.4, -0.2) is 24.1 Å². The lowest BCUT2D eigenvalue weighted by Crippen LogP contribution is -2.30. The highest BCUT2D eigenvalue weighted by Gasteiger charge is 2.41. The van der Waals surface area contributed by atoms with Crippen LogP contribution >= 0.6 is 0 Å². The van der Waals surface area contributed by atoms with Gasteiger partial charge in [-0.25, -0.2) is 0 Å². The van der Waals surface area contributed by atoms with Crippen LogP contribution in [0.15, 0.2) is 65.1 Å². The first-order valence-electron chi connectivity index (χ1n) is 12.2. The van der Waals surface area contributed by atoms with Crippen LogP contribution in [0.1, 0.15) is 61.1 Å². The van der Waals surface area contributed by atoms with Crippen molar-refractivity contribution in [1.29, 1.82) is 0 Å². The van der Waals surface area contributed by atoms with Gasteiger partial charge in [-0.2, -0.15) is 0 Å². The molecule has 0 saturated heterocycles. The van der Waals surface area contributed by atoms with Gasteiger partial charge in [-0.15, -0.1) is 0 Å². The molecule has 3 aliphatic rings. The molecule has 0 atom stereocenters. The number of carbonyl (C=O) groups is 3. The Morgan fingerprint density at radius 2 is 1.54 bits per heavy atom. The molecule has 1 N–H and O–H groups in total. The number of carbonyl (C=O) groups excluding carboxylic acids is 3. The molecule has 6 nitrogen and oxygen atoms in total. The smallest absolute Gasteiger partial charge is 0.262 e. The van der Waals surface area contributed by atoms with E-state index in [1.165, 1.54) is 0 Å². The number of anilines is 1. The summed E-state index contributed by atoms with van der Waals surface area (Å²) in [7, 11) is 0. The molecule has 0 spiro atoms. The average molecular weight is 472 g/mol. The van der Waals surface area contributed by atoms with Gasteiger partial charge in [-0.1, -0.05) is 29.8 Å². The van der Waals surface area contributed by atoms with E-state index in [9.17, 15) is 14.4 Å². The molecule has 2 aromatic carbocycles. The van der Waals surface area contributed by atoms with Gasteiger partial charge in [0, 0.05) is 48.4 Å². The second-order valence-electron chi connectivity index (χ2n) is 9.49. The fourth-order valence-corrected chi connectivity index (χ4v) is 5.20. The van der Waals surface area contributed by atoms with Crippen LogP contribution in [0.5, 0.6) is 5.75 Å². The standard InChI is InChI=1S/C29H29NO5/c1-17-9-14-21(18(2)15-17)30-26(33)16-34-20-12-10-19(11-13-20)27-28-22(31)5-3-7-24(28)35-25-8-4-6-23(32)29(25)27/h9-15,27H,3-8,16H2,1-2H3,(H,30,33). The molecule has 1 heterocycles. The van der Waals surface area contributed by atoms with Crippen LogP contribution in [-0.2, 0) is 19.1 Å². The van der Waals surface area contributed by atoms with Crippen LogP contribution in [0.25, 0.3) is 0 Å². The SMILES string of the molecule is Cc1ccc(NC(=O)COc2ccc(C3C4=C(CCCC4=O)OC4=C3C(=O)CCC4)cc2)c(C)c1. The van der Waals surface area contributed by atoms with Crippen LogP contribution in [0.4, 0.5) is 5.69 Å². The Kier molecular flexibility index (Phi) is 6.29. The number of amides is 1. The molecule has 180 valence electrons. The number of allylic oxidation sites excluding steroid dienone is 4. The zero-order chi connectivity index (χ0) is 24.5. The molecule has 0 aromatic heterocycles. The van der Waals surface area contributed by atoms with E-state index in [1.807, 2.05) is 44.2 Å². The van der Waals surface area contributed by atoms with Crippen molar-refractivity contribution in [3.8, 4) is 5.75 Å². The lowest BCUT2D eigenvalue weighted by atomic mass is 9.73. The van der Waals surface area contributed by atoms with Crippen molar-refractivity contribution in [2.24, 2.45) is 0 Å². The van der Waals surface area contributed by atoms with Crippen molar-refractivity contribution in [3.05, 3.63) is 81.8 Å². The van der Waals surface area contributed by atoms with Gasteiger partial charge in [0.05, 0.1) is 0 Å². The highest BCUT2D eigenvalue weighted by atomic mass is 16.5. The second kappa shape index (κ2) is 9.53. The maximum Gasteiger partial charge on any atom is 0.262 e. The molecule has 2 aromatic rings. The van der Waals surface area contributed by atoms with Crippen molar-refractivity contribution in [3.63, 3.8) is 0 Å². The van der Waals surface area contributed by atoms with Gasteiger partial charge in [-0.05, 0) is 56.0 Å². The predicted molar refractivity (Wildman–Crippen MR) is 132 cm³/mol. The molecular formula is C29H29NO5. The summed E-state index contributed by atoms with van der Waals surface area (Å²) in [5.41, 5.74) is 5.03. The number of aryl methyl sites for hydroxylation is 2. The van der Waals surface area contributed by atoms with Crippen LogP contribution in [0.3, 0.4) is 0 Å². The molecular weight excluding hydrogens is 442 g/mol. The average Bonchev–Trinajstić information content (AvgIpc) is 2.84. The summed E-state index contributed by atoms with van der Waals surface area (Å²) in [4.78, 5) is 38.2. The summed E-state index contributed by atoms with van der Waals surface area (Å²) in [5, 5.41) is 2.88. The van der Waals surface area contributed by atoms with Gasteiger partial charge in [0.1, 0.15) is 17.3 Å². The molecule has 5 rings (SSSR count). The topological polar surface area (TPSA) is 81.7 Å². The van der Waals surface area contributed by atoms with Gasteiger partial charge in [0.2, 0.25) is 0 Å². The Morgan fingerprint density at radius 1 is 0.914 bits per heavy atom. The molecule has 0 fully saturated rings. The summed E-state index contributed by atoms with van der Waals surface area (Å²) in [6, 6.07) is 13.2. The molecule has 0 unspecified atom stereocenters. The Hall–Kier alpha value is -3.67. The van der Waals surface area contributed by atoms with Crippen LogP contribution in [0.2, 0.25) is 0 Å². The molecule has 0 radical (unpaired) electrons. The number of hydrogen-bond donors (Lipinski definition) is 1. The maximum atomic E-state index is 12.9. The Labute approximate surface area is 205 Å². The van der Waals surface area contributed by atoms with Crippen molar-refractivity contribution in [2.75, 3.05) is 11.9 Å². The normalized spacial score (nSPS) is 18.1. The molecule has 1 amide bonds. The highest BCUT2D eigenvalue weighted by Crippen LogP contribution is 2.47. The fraction of sp³-hybridized carbons (Fsp3) is 0.345. The molecule has 2 aliphatic carbocycles. The summed E-state index contributed by atoms with van der Waals surface area (Å²) in [6.07, 6.45) is 3.95. The highest BCUT2D eigenvalue weighted by molar-refractivity contribution is 6.05. The minimum absolute atomic E-state index is 0.0598. The first-order valence-corrected chi connectivity index (χ1v) is 12.2. The second-order valence-corrected chi connectivity index (χ2v) is 9.49. The quantitative estimate of drug-likeness (QED) is 0.627. The molecule has 0 saturated carbocycles. The largest absolute Gasteiger partial charge is 0.484 e. The lowest BCUT2D eigenvalue weighted by Gasteiger charge is -2.36. The fourth-order valence-electron chi connectivity index (χ4n) is 5.20. The van der Waals surface area contributed by atoms with Crippen molar-refractivity contribution in [1.82, 2.24) is 0 Å². The lowest BCUT2D eigenvalue weighted by molar-refractivity contribution is -0.119. The maximum absolute atomic E-state index is 12.9. The zero-order valence-corrected chi connectivity index (χ0v) is 20.1. The van der Waals surface area contributed by atoms with Crippen molar-refractivity contribution < 1.29 is 23.9 Å². The molecule has 35 heavy (non-hydrogen) atoms. The predicted octanol–water partition coefficient (Wildman–Crippen LogP) is 5.45. The zero-order valence-electron chi connectivity index (χ0n) is 20.1. The van der Waals surface area contributed by atoms with E-state index in [1.54, 1.807) is 12.1 Å². The van der Waals surface area contributed by atoms with Crippen LogP contribution < -0.4 is 10.1 Å². The minimum Gasteiger partial charge on any atom is -0.484 e. The van der Waals surface area contributed by atoms with E-state index in [2.05, 4.69) is 5.32 Å². The van der Waals surface area contributed by atoms with Gasteiger partial charge in [0.15, 0.2) is 18.2 Å². The van der Waals surface area contributed by atoms with E-state index in [0.717, 1.165) is 59.6 Å². The van der Waals surface area contributed by atoms with Gasteiger partial charge < -0.3 is 14.8 Å². The summed E-state index contributed by atoms with van der Waals surface area (Å²) < 4.78 is 11.8. The Balaban J connectivity index is 1.33. The number of Topliss-reactive ketones (excluding diaryl/α,β-unsaturated/α-hetero) is 2. The Bertz CT molecular complexity index is 1230. The molecule has 1 aliphatic heterocycles. The van der Waals surface area contributed by atoms with E-state index >= 15 is 0 Å². The van der Waals surface area contributed by atoms with E-state index in [4.69, 9.17) is 9.47 Å². The summed E-state index contributed by atoms with van der Waals surface area (Å²) in [5.74, 6) is 1.48. The van der Waals surface area contributed by atoms with Gasteiger partial charge in [-0.3, -0.25) is 14.4 Å². The number of rotatable bonds is 5. The van der Waals surface area contributed by atoms with Gasteiger partial charge >= 0.3 is 0 Å². The number of ether oxygens (including phenoxy) is 2. The number of nitrogens with one attached hydrogen (secondary N) is 1.